The zero-order valence-electron chi connectivity index (χ0n) is 20.3. The number of fused-ring (bicyclic) bond motifs is 2. The number of alkyl halides is 1. The lowest BCUT2D eigenvalue weighted by atomic mass is 9.91. The predicted octanol–water partition coefficient (Wildman–Crippen LogP) is 3.24. The number of carbonyl (C=O) groups is 2. The third-order valence-corrected chi connectivity index (χ3v) is 7.14. The summed E-state index contributed by atoms with van der Waals surface area (Å²) in [7, 11) is 0. The van der Waals surface area contributed by atoms with Crippen LogP contribution in [0.2, 0.25) is 0 Å². The summed E-state index contributed by atoms with van der Waals surface area (Å²) in [6, 6.07) is 1.92. The first-order chi connectivity index (χ1) is 16.9. The Kier molecular flexibility index (Phi) is 5.73. The number of pyridine rings is 1. The third-order valence-electron chi connectivity index (χ3n) is 7.14. The molecule has 2 saturated heterocycles. The molecule has 1 aromatic carbocycles. The molecule has 3 fully saturated rings. The lowest BCUT2D eigenvalue weighted by Gasteiger charge is -2.29. The number of nitrogens with zero attached hydrogens (tertiary/aromatic N) is 2. The van der Waals surface area contributed by atoms with Gasteiger partial charge in [0.2, 0.25) is 5.43 Å². The van der Waals surface area contributed by atoms with E-state index in [4.69, 9.17) is 9.47 Å². The first-order valence-electron chi connectivity index (χ1n) is 12.0. The lowest BCUT2D eigenvalue weighted by molar-refractivity contribution is -0.000269. The number of ether oxygens (including phenoxy) is 2. The van der Waals surface area contributed by atoms with Crippen molar-refractivity contribution >= 4 is 28.7 Å². The molecule has 0 bridgehead atoms. The van der Waals surface area contributed by atoms with Crippen molar-refractivity contribution in [2.45, 2.75) is 57.0 Å². The molecule has 5 rings (SSSR count). The zero-order valence-corrected chi connectivity index (χ0v) is 20.3. The summed E-state index contributed by atoms with van der Waals surface area (Å²) >= 11 is 0. The van der Waals surface area contributed by atoms with Crippen molar-refractivity contribution < 1.29 is 33.0 Å². The molecule has 3 heterocycles. The van der Waals surface area contributed by atoms with Gasteiger partial charge in [-0.3, -0.25) is 4.79 Å². The van der Waals surface area contributed by atoms with Crippen molar-refractivity contribution in [3.63, 3.8) is 0 Å². The van der Waals surface area contributed by atoms with Gasteiger partial charge in [-0.2, -0.15) is 0 Å². The van der Waals surface area contributed by atoms with Crippen LogP contribution in [0.4, 0.5) is 19.3 Å². The molecule has 4 unspecified atom stereocenters. The standard InChI is InChI=1S/C25H29F2N3O6/c1-24(2,3)36-23(34)28-11-25-12-29(9-13(25)4-5-35-25)19-8-18-14(6-16(19)26)21(31)15(22(32)33)10-30(18)20-7-17(20)27/h6,8,10,13,17,20H,4-5,7,9,11-12H2,1-3H3,(H,28,34)(H,32,33). The molecule has 4 atom stereocenters. The van der Waals surface area contributed by atoms with E-state index in [1.807, 2.05) is 0 Å². The number of carboxylic acid groups (broad SMARTS) is 1. The first kappa shape index (κ1) is 24.5. The van der Waals surface area contributed by atoms with Crippen LogP contribution in [0.3, 0.4) is 0 Å². The Bertz CT molecular complexity index is 1310. The molecule has 1 aliphatic carbocycles. The summed E-state index contributed by atoms with van der Waals surface area (Å²) in [5.74, 6) is -2.10. The van der Waals surface area contributed by atoms with Gasteiger partial charge in [-0.25, -0.2) is 18.4 Å². The summed E-state index contributed by atoms with van der Waals surface area (Å²) in [6.07, 6.45) is 0.355. The van der Waals surface area contributed by atoms with Gasteiger partial charge in [0.1, 0.15) is 28.8 Å². The lowest BCUT2D eigenvalue weighted by Crippen LogP contribution is -2.49. The Balaban J connectivity index is 1.47. The van der Waals surface area contributed by atoms with E-state index in [9.17, 15) is 23.9 Å². The average Bonchev–Trinajstić information content (AvgIpc) is 3.21. The van der Waals surface area contributed by atoms with Crippen LogP contribution in [0, 0.1) is 11.7 Å². The Morgan fingerprint density at radius 3 is 2.69 bits per heavy atom. The smallest absolute Gasteiger partial charge is 0.407 e. The number of alkyl carbamates (subject to hydrolysis) is 1. The topological polar surface area (TPSA) is 110 Å². The van der Waals surface area contributed by atoms with Crippen LogP contribution in [0.15, 0.2) is 23.1 Å². The highest BCUT2D eigenvalue weighted by molar-refractivity contribution is 5.93. The van der Waals surface area contributed by atoms with Crippen LogP contribution in [-0.4, -0.2) is 65.4 Å². The van der Waals surface area contributed by atoms with Gasteiger partial charge in [-0.05, 0) is 39.3 Å². The van der Waals surface area contributed by atoms with E-state index in [2.05, 4.69) is 5.32 Å². The van der Waals surface area contributed by atoms with Gasteiger partial charge in [0.15, 0.2) is 0 Å². The van der Waals surface area contributed by atoms with Gasteiger partial charge in [0, 0.05) is 43.6 Å². The molecule has 1 amide bonds. The number of hydrogen-bond acceptors (Lipinski definition) is 6. The maximum atomic E-state index is 15.4. The summed E-state index contributed by atoms with van der Waals surface area (Å²) < 4.78 is 42.2. The number of carbonyl (C=O) groups excluding carboxylic acids is 1. The number of rotatable bonds is 5. The number of amides is 1. The quantitative estimate of drug-likeness (QED) is 0.642. The number of aromatic nitrogens is 1. The normalized spacial score (nSPS) is 27.2. The van der Waals surface area contributed by atoms with E-state index < -0.39 is 52.3 Å². The second-order valence-electron chi connectivity index (χ2n) is 10.9. The van der Waals surface area contributed by atoms with E-state index >= 15 is 4.39 Å². The van der Waals surface area contributed by atoms with Gasteiger partial charge < -0.3 is 29.4 Å². The highest BCUT2D eigenvalue weighted by Gasteiger charge is 2.52. The predicted molar refractivity (Wildman–Crippen MR) is 127 cm³/mol. The van der Waals surface area contributed by atoms with Crippen molar-refractivity contribution in [1.82, 2.24) is 9.88 Å². The van der Waals surface area contributed by atoms with E-state index in [-0.39, 0.29) is 35.5 Å². The largest absolute Gasteiger partial charge is 0.477 e. The average molecular weight is 506 g/mol. The van der Waals surface area contributed by atoms with Gasteiger partial charge in [-0.15, -0.1) is 0 Å². The third kappa shape index (κ3) is 4.29. The van der Waals surface area contributed by atoms with Crippen LogP contribution in [0.5, 0.6) is 0 Å². The molecule has 1 aromatic heterocycles. The zero-order chi connectivity index (χ0) is 26.0. The molecular formula is C25H29F2N3O6. The molecule has 0 radical (unpaired) electrons. The van der Waals surface area contributed by atoms with Gasteiger partial charge in [0.25, 0.3) is 0 Å². The van der Waals surface area contributed by atoms with Crippen molar-refractivity contribution in [2.75, 3.05) is 31.1 Å². The Hall–Kier alpha value is -3.21. The molecule has 36 heavy (non-hydrogen) atoms. The summed E-state index contributed by atoms with van der Waals surface area (Å²) in [6.45, 7) is 6.78. The molecule has 194 valence electrons. The van der Waals surface area contributed by atoms with Gasteiger partial charge in [-0.1, -0.05) is 0 Å². The summed E-state index contributed by atoms with van der Waals surface area (Å²) in [5, 5.41) is 12.1. The number of benzene rings is 1. The summed E-state index contributed by atoms with van der Waals surface area (Å²) in [5.41, 5.74) is -2.22. The highest BCUT2D eigenvalue weighted by atomic mass is 19.1. The molecule has 0 spiro atoms. The number of anilines is 1. The molecule has 2 aliphatic heterocycles. The molecule has 2 N–H and O–H groups in total. The van der Waals surface area contributed by atoms with Crippen LogP contribution in [0.25, 0.3) is 10.9 Å². The second-order valence-corrected chi connectivity index (χ2v) is 10.9. The number of nitrogens with one attached hydrogen (secondary N) is 1. The molecule has 1 saturated carbocycles. The van der Waals surface area contributed by atoms with E-state index in [0.717, 1.165) is 18.7 Å². The highest BCUT2D eigenvalue weighted by Crippen LogP contribution is 2.44. The Morgan fingerprint density at radius 1 is 1.33 bits per heavy atom. The fourth-order valence-electron chi connectivity index (χ4n) is 5.31. The fourth-order valence-corrected chi connectivity index (χ4v) is 5.31. The van der Waals surface area contributed by atoms with Crippen molar-refractivity contribution in [2.24, 2.45) is 5.92 Å². The molecule has 3 aliphatic rings. The maximum absolute atomic E-state index is 15.4. The Labute approximate surface area is 206 Å². The minimum atomic E-state index is -1.44. The molecule has 9 nitrogen and oxygen atoms in total. The summed E-state index contributed by atoms with van der Waals surface area (Å²) in [4.78, 5) is 38.4. The minimum absolute atomic E-state index is 0.0257. The van der Waals surface area contributed by atoms with Crippen molar-refractivity contribution in [1.29, 1.82) is 0 Å². The van der Waals surface area contributed by atoms with Gasteiger partial charge in [0.05, 0.1) is 23.8 Å². The van der Waals surface area contributed by atoms with E-state index in [0.29, 0.717) is 19.7 Å². The minimum Gasteiger partial charge on any atom is -0.477 e. The molecule has 11 heteroatoms. The van der Waals surface area contributed by atoms with Crippen LogP contribution in [-0.2, 0) is 9.47 Å². The number of aromatic carboxylic acids is 1. The van der Waals surface area contributed by atoms with E-state index in [1.54, 1.807) is 25.7 Å². The first-order valence-corrected chi connectivity index (χ1v) is 12.0. The van der Waals surface area contributed by atoms with E-state index in [1.165, 1.54) is 10.6 Å². The maximum Gasteiger partial charge on any atom is 0.407 e. The molecule has 2 aromatic rings. The van der Waals surface area contributed by atoms with Crippen molar-refractivity contribution in [3.8, 4) is 0 Å². The number of hydrogen-bond donors (Lipinski definition) is 2. The van der Waals surface area contributed by atoms with Crippen LogP contribution < -0.4 is 15.6 Å². The van der Waals surface area contributed by atoms with Gasteiger partial charge >= 0.3 is 12.1 Å². The van der Waals surface area contributed by atoms with Crippen molar-refractivity contribution in [3.05, 3.63) is 39.9 Å². The number of carboxylic acids is 1. The van der Waals surface area contributed by atoms with Crippen LogP contribution >= 0.6 is 0 Å². The SMILES string of the molecule is CC(C)(C)OC(=O)NCC12CN(c3cc4c(cc3F)c(=O)c(C(=O)O)cn4C3CC3F)CC1CCO2. The monoisotopic (exact) mass is 505 g/mol. The second kappa shape index (κ2) is 8.43. The Morgan fingerprint density at radius 2 is 2.06 bits per heavy atom. The fraction of sp³-hybridized carbons (Fsp3) is 0.560. The van der Waals surface area contributed by atoms with Crippen LogP contribution in [0.1, 0.15) is 50.0 Å². The molecular weight excluding hydrogens is 476 g/mol. The number of halogens is 2.